The SMILES string of the molecule is O=C1C(=Cc2ccc(Cl)cc2)SC(=S)N1C(=O)c1ccc([N+](=O)[O-])cc1. The van der Waals surface area contributed by atoms with E-state index in [4.69, 9.17) is 23.8 Å². The molecule has 0 aliphatic carbocycles. The van der Waals surface area contributed by atoms with Gasteiger partial charge in [0, 0.05) is 22.7 Å². The third-order valence-corrected chi connectivity index (χ3v) is 5.04. The number of thioether (sulfide) groups is 1. The van der Waals surface area contributed by atoms with Crippen LogP contribution in [0.5, 0.6) is 0 Å². The highest BCUT2D eigenvalue weighted by Gasteiger charge is 2.37. The van der Waals surface area contributed by atoms with E-state index in [0.717, 1.165) is 22.2 Å². The first-order valence-corrected chi connectivity index (χ1v) is 8.79. The first-order chi connectivity index (χ1) is 12.4. The third kappa shape index (κ3) is 3.67. The monoisotopic (exact) mass is 404 g/mol. The Hall–Kier alpha value is -2.55. The number of halogens is 1. The molecule has 26 heavy (non-hydrogen) atoms. The molecule has 0 radical (unpaired) electrons. The Morgan fingerprint density at radius 2 is 1.77 bits per heavy atom. The topological polar surface area (TPSA) is 80.5 Å². The van der Waals surface area contributed by atoms with Crippen molar-refractivity contribution >= 4 is 63.5 Å². The standard InChI is InChI=1S/C17H9ClN2O4S2/c18-12-5-1-10(2-6-12)9-14-16(22)19(17(25)26-14)15(21)11-3-7-13(8-4-11)20(23)24/h1-9H. The largest absolute Gasteiger partial charge is 0.273 e. The fraction of sp³-hybridized carbons (Fsp3) is 0. The molecule has 0 saturated carbocycles. The number of nitro groups is 1. The third-order valence-electron chi connectivity index (χ3n) is 3.49. The van der Waals surface area contributed by atoms with Gasteiger partial charge >= 0.3 is 0 Å². The Kier molecular flexibility index (Phi) is 5.17. The fourth-order valence-corrected chi connectivity index (χ4v) is 3.59. The van der Waals surface area contributed by atoms with Crippen LogP contribution in [-0.4, -0.2) is 26.0 Å². The van der Waals surface area contributed by atoms with Crippen molar-refractivity contribution in [2.45, 2.75) is 0 Å². The first-order valence-electron chi connectivity index (χ1n) is 7.19. The first kappa shape index (κ1) is 18.2. The summed E-state index contributed by atoms with van der Waals surface area (Å²) in [4.78, 5) is 36.5. The van der Waals surface area contributed by atoms with E-state index in [9.17, 15) is 19.7 Å². The van der Waals surface area contributed by atoms with Crippen LogP contribution in [0.2, 0.25) is 5.02 Å². The molecule has 0 N–H and O–H groups in total. The molecular weight excluding hydrogens is 396 g/mol. The lowest BCUT2D eigenvalue weighted by molar-refractivity contribution is -0.384. The number of imide groups is 1. The molecule has 6 nitrogen and oxygen atoms in total. The molecule has 2 aromatic rings. The van der Waals surface area contributed by atoms with Crippen molar-refractivity contribution in [2.75, 3.05) is 0 Å². The lowest BCUT2D eigenvalue weighted by atomic mass is 10.1. The summed E-state index contributed by atoms with van der Waals surface area (Å²) >= 11 is 12.0. The zero-order valence-corrected chi connectivity index (χ0v) is 15.3. The predicted molar refractivity (Wildman–Crippen MR) is 104 cm³/mol. The highest BCUT2D eigenvalue weighted by Crippen LogP contribution is 2.33. The van der Waals surface area contributed by atoms with Gasteiger partial charge in [0.05, 0.1) is 9.83 Å². The van der Waals surface area contributed by atoms with E-state index in [1.807, 2.05) is 0 Å². The van der Waals surface area contributed by atoms with Gasteiger partial charge in [0.25, 0.3) is 17.5 Å². The van der Waals surface area contributed by atoms with Crippen LogP contribution in [0.3, 0.4) is 0 Å². The van der Waals surface area contributed by atoms with E-state index in [1.165, 1.54) is 24.3 Å². The Morgan fingerprint density at radius 1 is 1.15 bits per heavy atom. The number of non-ortho nitro benzene ring substituents is 1. The molecule has 0 aromatic heterocycles. The van der Waals surface area contributed by atoms with E-state index in [2.05, 4.69) is 0 Å². The van der Waals surface area contributed by atoms with E-state index >= 15 is 0 Å². The summed E-state index contributed by atoms with van der Waals surface area (Å²) in [6, 6.07) is 11.9. The normalized spacial score (nSPS) is 15.6. The Balaban J connectivity index is 1.85. The zero-order valence-electron chi connectivity index (χ0n) is 12.9. The summed E-state index contributed by atoms with van der Waals surface area (Å²) in [5.41, 5.74) is 0.743. The number of carbonyl (C=O) groups is 2. The van der Waals surface area contributed by atoms with E-state index < -0.39 is 16.7 Å². The fourth-order valence-electron chi connectivity index (χ4n) is 2.21. The number of benzene rings is 2. The molecule has 2 amide bonds. The van der Waals surface area contributed by atoms with Crippen LogP contribution >= 0.6 is 35.6 Å². The van der Waals surface area contributed by atoms with Crippen LogP contribution in [0.15, 0.2) is 53.4 Å². The van der Waals surface area contributed by atoms with Gasteiger partial charge in [-0.2, -0.15) is 0 Å². The predicted octanol–water partition coefficient (Wildman–Crippen LogP) is 4.29. The lowest BCUT2D eigenvalue weighted by Crippen LogP contribution is -2.34. The highest BCUT2D eigenvalue weighted by atomic mass is 35.5. The van der Waals surface area contributed by atoms with Gasteiger partial charge in [0.2, 0.25) is 0 Å². The smallest absolute Gasteiger partial charge is 0.268 e. The maximum atomic E-state index is 12.6. The molecule has 0 atom stereocenters. The van der Waals surface area contributed by atoms with Crippen LogP contribution in [0.25, 0.3) is 6.08 Å². The Bertz CT molecular complexity index is 956. The Labute approximate surface area is 162 Å². The van der Waals surface area contributed by atoms with Crippen molar-refractivity contribution in [2.24, 2.45) is 0 Å². The van der Waals surface area contributed by atoms with Gasteiger partial charge in [-0.3, -0.25) is 19.7 Å². The summed E-state index contributed by atoms with van der Waals surface area (Å²) in [5.74, 6) is -1.15. The average molecular weight is 405 g/mol. The molecule has 9 heteroatoms. The molecule has 130 valence electrons. The summed E-state index contributed by atoms with van der Waals surface area (Å²) in [6.45, 7) is 0. The second-order valence-corrected chi connectivity index (χ2v) is 7.29. The van der Waals surface area contributed by atoms with Crippen LogP contribution in [0, 0.1) is 10.1 Å². The number of hydrogen-bond donors (Lipinski definition) is 0. The van der Waals surface area contributed by atoms with Crippen molar-refractivity contribution < 1.29 is 14.5 Å². The van der Waals surface area contributed by atoms with Crippen molar-refractivity contribution in [3.63, 3.8) is 0 Å². The van der Waals surface area contributed by atoms with E-state index in [0.29, 0.717) is 9.93 Å². The molecule has 1 aliphatic rings. The lowest BCUT2D eigenvalue weighted by Gasteiger charge is -2.12. The van der Waals surface area contributed by atoms with E-state index in [-0.39, 0.29) is 15.6 Å². The van der Waals surface area contributed by atoms with Crippen molar-refractivity contribution in [1.82, 2.24) is 4.90 Å². The minimum absolute atomic E-state index is 0.110. The van der Waals surface area contributed by atoms with Gasteiger partial charge in [-0.25, -0.2) is 4.90 Å². The summed E-state index contributed by atoms with van der Waals surface area (Å²) in [6.07, 6.45) is 1.62. The number of thiocarbonyl (C=S) groups is 1. The molecule has 3 rings (SSSR count). The van der Waals surface area contributed by atoms with Crippen molar-refractivity contribution in [3.05, 3.63) is 79.7 Å². The van der Waals surface area contributed by atoms with Gasteiger partial charge < -0.3 is 0 Å². The second-order valence-electron chi connectivity index (χ2n) is 5.18. The zero-order chi connectivity index (χ0) is 18.8. The molecule has 1 fully saturated rings. The average Bonchev–Trinajstić information content (AvgIpc) is 2.90. The molecule has 0 bridgehead atoms. The molecule has 1 heterocycles. The number of hydrogen-bond acceptors (Lipinski definition) is 6. The van der Waals surface area contributed by atoms with E-state index in [1.54, 1.807) is 30.3 Å². The number of carbonyl (C=O) groups excluding carboxylic acids is 2. The van der Waals surface area contributed by atoms with Crippen LogP contribution in [0.1, 0.15) is 15.9 Å². The molecule has 1 aliphatic heterocycles. The number of nitrogens with zero attached hydrogens (tertiary/aromatic N) is 2. The molecule has 0 unspecified atom stereocenters. The summed E-state index contributed by atoms with van der Waals surface area (Å²) < 4.78 is 0.110. The number of amides is 2. The molecule has 0 spiro atoms. The summed E-state index contributed by atoms with van der Waals surface area (Å²) in [7, 11) is 0. The van der Waals surface area contributed by atoms with Crippen LogP contribution in [0.4, 0.5) is 5.69 Å². The van der Waals surface area contributed by atoms with Crippen LogP contribution < -0.4 is 0 Å². The number of nitro benzene ring substituents is 1. The minimum Gasteiger partial charge on any atom is -0.268 e. The minimum atomic E-state index is -0.623. The van der Waals surface area contributed by atoms with Gasteiger partial charge in [0.1, 0.15) is 0 Å². The second kappa shape index (κ2) is 7.36. The maximum absolute atomic E-state index is 12.6. The van der Waals surface area contributed by atoms with Gasteiger partial charge in [-0.05, 0) is 35.9 Å². The number of rotatable bonds is 3. The Morgan fingerprint density at radius 3 is 2.35 bits per heavy atom. The molecule has 2 aromatic carbocycles. The van der Waals surface area contributed by atoms with Crippen LogP contribution in [-0.2, 0) is 4.79 Å². The van der Waals surface area contributed by atoms with Crippen molar-refractivity contribution in [3.8, 4) is 0 Å². The summed E-state index contributed by atoms with van der Waals surface area (Å²) in [5, 5.41) is 11.3. The maximum Gasteiger partial charge on any atom is 0.273 e. The van der Waals surface area contributed by atoms with Gasteiger partial charge in [0.15, 0.2) is 4.32 Å². The quantitative estimate of drug-likeness (QED) is 0.249. The molecular formula is C17H9ClN2O4S2. The molecule has 1 saturated heterocycles. The highest BCUT2D eigenvalue weighted by molar-refractivity contribution is 8.26. The van der Waals surface area contributed by atoms with Crippen molar-refractivity contribution in [1.29, 1.82) is 0 Å². The van der Waals surface area contributed by atoms with Gasteiger partial charge in [-0.15, -0.1) is 0 Å². The van der Waals surface area contributed by atoms with Gasteiger partial charge in [-0.1, -0.05) is 47.7 Å².